The molecule has 1 saturated heterocycles. The van der Waals surface area contributed by atoms with Gasteiger partial charge in [-0.3, -0.25) is 4.79 Å². The summed E-state index contributed by atoms with van der Waals surface area (Å²) in [6.45, 7) is 5.08. The highest BCUT2D eigenvalue weighted by atomic mass is 32.2. The Morgan fingerprint density at radius 1 is 1.07 bits per heavy atom. The van der Waals surface area contributed by atoms with Gasteiger partial charge in [0.25, 0.3) is 0 Å². The highest BCUT2D eigenvalue weighted by Crippen LogP contribution is 2.40. The first kappa shape index (κ1) is 19.8. The Hall–Kier alpha value is -2.55. The highest BCUT2D eigenvalue weighted by molar-refractivity contribution is 7.99. The van der Waals surface area contributed by atoms with E-state index in [1.165, 1.54) is 24.6 Å². The topological polar surface area (TPSA) is 83.4 Å². The smallest absolute Gasteiger partial charge is 0.321 e. The second-order valence-corrected chi connectivity index (χ2v) is 8.25. The van der Waals surface area contributed by atoms with Crippen LogP contribution < -0.4 is 5.32 Å². The molecule has 2 aromatic rings. The van der Waals surface area contributed by atoms with Crippen molar-refractivity contribution >= 4 is 29.4 Å². The fraction of sp³-hybridized carbons (Fsp3) is 0.500. The molecule has 4 rings (SSSR count). The molecule has 0 unspecified atom stereocenters. The monoisotopic (exact) mass is 414 g/mol. The molecule has 2 heterocycles. The van der Waals surface area contributed by atoms with Crippen molar-refractivity contribution in [1.82, 2.24) is 24.6 Å². The first-order valence-electron chi connectivity index (χ1n) is 10.1. The minimum absolute atomic E-state index is 0.0803. The van der Waals surface area contributed by atoms with Gasteiger partial charge in [0.15, 0.2) is 5.16 Å². The van der Waals surface area contributed by atoms with Gasteiger partial charge in [0, 0.05) is 44.3 Å². The van der Waals surface area contributed by atoms with Crippen LogP contribution in [0.2, 0.25) is 0 Å². The van der Waals surface area contributed by atoms with E-state index in [-0.39, 0.29) is 11.9 Å². The van der Waals surface area contributed by atoms with Gasteiger partial charge in [0.1, 0.15) is 5.82 Å². The number of para-hydroxylation sites is 1. The number of nitrogens with zero attached hydrogens (tertiary/aromatic N) is 5. The third-order valence-electron chi connectivity index (χ3n) is 5.27. The first-order valence-corrected chi connectivity index (χ1v) is 11.1. The van der Waals surface area contributed by atoms with Gasteiger partial charge in [0.05, 0.1) is 5.75 Å². The van der Waals surface area contributed by atoms with E-state index in [0.717, 1.165) is 23.2 Å². The predicted octanol–water partition coefficient (Wildman–Crippen LogP) is 2.64. The molecular formula is C20H26N6O2S. The summed E-state index contributed by atoms with van der Waals surface area (Å²) in [5.41, 5.74) is 0.776. The molecule has 1 aromatic heterocycles. The van der Waals surface area contributed by atoms with E-state index in [9.17, 15) is 9.59 Å². The lowest BCUT2D eigenvalue weighted by atomic mass is 10.3. The number of hydrogen-bond donors (Lipinski definition) is 1. The number of amides is 3. The molecule has 29 heavy (non-hydrogen) atoms. The molecule has 154 valence electrons. The number of hydrogen-bond acceptors (Lipinski definition) is 5. The van der Waals surface area contributed by atoms with E-state index < -0.39 is 0 Å². The van der Waals surface area contributed by atoms with Gasteiger partial charge in [-0.2, -0.15) is 0 Å². The van der Waals surface area contributed by atoms with Gasteiger partial charge in [0.2, 0.25) is 5.91 Å². The van der Waals surface area contributed by atoms with Gasteiger partial charge in [-0.25, -0.2) is 4.79 Å². The maximum atomic E-state index is 12.6. The molecule has 1 aliphatic heterocycles. The van der Waals surface area contributed by atoms with Crippen LogP contribution in [0.5, 0.6) is 0 Å². The Balaban J connectivity index is 1.24. The average Bonchev–Trinajstić information content (AvgIpc) is 3.52. The van der Waals surface area contributed by atoms with Crippen molar-refractivity contribution in [2.45, 2.75) is 37.4 Å². The van der Waals surface area contributed by atoms with Gasteiger partial charge >= 0.3 is 6.03 Å². The molecule has 8 nitrogen and oxygen atoms in total. The number of benzene rings is 1. The van der Waals surface area contributed by atoms with Crippen LogP contribution in [0.1, 0.15) is 31.5 Å². The SMILES string of the molecule is CCn1c(SCC(=O)N2CCN(C(=O)Nc3ccccc3)CC2)nnc1C1CC1. The number of nitrogens with one attached hydrogen (secondary N) is 1. The molecule has 0 spiro atoms. The van der Waals surface area contributed by atoms with Crippen LogP contribution in [0.4, 0.5) is 10.5 Å². The Morgan fingerprint density at radius 2 is 1.76 bits per heavy atom. The molecule has 3 amide bonds. The summed E-state index contributed by atoms with van der Waals surface area (Å²) in [6, 6.07) is 9.28. The third-order valence-corrected chi connectivity index (χ3v) is 6.23. The van der Waals surface area contributed by atoms with Crippen molar-refractivity contribution in [2.75, 3.05) is 37.2 Å². The van der Waals surface area contributed by atoms with Crippen LogP contribution in [0.3, 0.4) is 0 Å². The second kappa shape index (κ2) is 8.86. The molecule has 9 heteroatoms. The van der Waals surface area contributed by atoms with Crippen molar-refractivity contribution in [3.63, 3.8) is 0 Å². The summed E-state index contributed by atoms with van der Waals surface area (Å²) < 4.78 is 2.13. The molecule has 2 fully saturated rings. The van der Waals surface area contributed by atoms with Gasteiger partial charge in [-0.1, -0.05) is 30.0 Å². The van der Waals surface area contributed by atoms with Crippen molar-refractivity contribution in [3.8, 4) is 0 Å². The van der Waals surface area contributed by atoms with Crippen LogP contribution >= 0.6 is 11.8 Å². The highest BCUT2D eigenvalue weighted by Gasteiger charge is 2.30. The summed E-state index contributed by atoms with van der Waals surface area (Å²) >= 11 is 1.45. The quantitative estimate of drug-likeness (QED) is 0.735. The van der Waals surface area contributed by atoms with Gasteiger partial charge < -0.3 is 19.7 Å². The standard InChI is InChI=1S/C20H26N6O2S/c1-2-26-18(15-8-9-15)22-23-20(26)29-14-17(27)24-10-12-25(13-11-24)19(28)21-16-6-4-3-5-7-16/h3-7,15H,2,8-14H2,1H3,(H,21,28). The molecule has 1 aliphatic carbocycles. The Kier molecular flexibility index (Phi) is 6.03. The number of anilines is 1. The maximum absolute atomic E-state index is 12.6. The fourth-order valence-corrected chi connectivity index (χ4v) is 4.36. The zero-order valence-electron chi connectivity index (χ0n) is 16.6. The van der Waals surface area contributed by atoms with E-state index in [4.69, 9.17) is 0 Å². The molecule has 0 radical (unpaired) electrons. The van der Waals surface area contributed by atoms with Gasteiger partial charge in [-0.15, -0.1) is 10.2 Å². The first-order chi connectivity index (χ1) is 14.2. The number of aromatic nitrogens is 3. The number of carbonyl (C=O) groups is 2. The molecule has 0 atom stereocenters. The zero-order valence-corrected chi connectivity index (χ0v) is 17.4. The molecule has 1 aromatic carbocycles. The molecule has 0 bridgehead atoms. The van der Waals surface area contributed by atoms with Gasteiger partial charge in [-0.05, 0) is 31.9 Å². The van der Waals surface area contributed by atoms with E-state index in [0.29, 0.717) is 37.8 Å². The molecule has 1 saturated carbocycles. The number of urea groups is 1. The van der Waals surface area contributed by atoms with E-state index >= 15 is 0 Å². The molecular weight excluding hydrogens is 388 g/mol. The second-order valence-electron chi connectivity index (χ2n) is 7.31. The van der Waals surface area contributed by atoms with Crippen LogP contribution in [0.25, 0.3) is 0 Å². The maximum Gasteiger partial charge on any atom is 0.321 e. The van der Waals surface area contributed by atoms with Crippen LogP contribution in [-0.2, 0) is 11.3 Å². The summed E-state index contributed by atoms with van der Waals surface area (Å²) in [6.07, 6.45) is 2.37. The van der Waals surface area contributed by atoms with Crippen molar-refractivity contribution < 1.29 is 9.59 Å². The predicted molar refractivity (Wildman–Crippen MR) is 112 cm³/mol. The van der Waals surface area contributed by atoms with Crippen LogP contribution in [-0.4, -0.2) is 68.4 Å². The largest absolute Gasteiger partial charge is 0.338 e. The fourth-order valence-electron chi connectivity index (χ4n) is 3.45. The summed E-state index contributed by atoms with van der Waals surface area (Å²) in [4.78, 5) is 28.6. The summed E-state index contributed by atoms with van der Waals surface area (Å²) in [5.74, 6) is 2.03. The third kappa shape index (κ3) is 4.72. The molecule has 1 N–H and O–H groups in total. The average molecular weight is 415 g/mol. The zero-order chi connectivity index (χ0) is 20.2. The number of piperazine rings is 1. The Morgan fingerprint density at radius 3 is 2.41 bits per heavy atom. The minimum atomic E-state index is -0.124. The lowest BCUT2D eigenvalue weighted by Gasteiger charge is -2.34. The summed E-state index contributed by atoms with van der Waals surface area (Å²) in [5, 5.41) is 12.3. The van der Waals surface area contributed by atoms with E-state index in [1.807, 2.05) is 35.2 Å². The van der Waals surface area contributed by atoms with Crippen LogP contribution in [0.15, 0.2) is 35.5 Å². The number of thioether (sulfide) groups is 1. The van der Waals surface area contributed by atoms with Crippen molar-refractivity contribution in [3.05, 3.63) is 36.2 Å². The lowest BCUT2D eigenvalue weighted by Crippen LogP contribution is -2.52. The molecule has 2 aliphatic rings. The number of carbonyl (C=O) groups excluding carboxylic acids is 2. The normalized spacial score (nSPS) is 16.7. The lowest BCUT2D eigenvalue weighted by molar-refractivity contribution is -0.129. The Bertz CT molecular complexity index is 859. The minimum Gasteiger partial charge on any atom is -0.338 e. The van der Waals surface area contributed by atoms with Crippen LogP contribution in [0, 0.1) is 0 Å². The summed E-state index contributed by atoms with van der Waals surface area (Å²) in [7, 11) is 0. The van der Waals surface area contributed by atoms with Crippen molar-refractivity contribution in [2.24, 2.45) is 0 Å². The van der Waals surface area contributed by atoms with E-state index in [1.54, 1.807) is 4.90 Å². The van der Waals surface area contributed by atoms with Crippen molar-refractivity contribution in [1.29, 1.82) is 0 Å². The number of rotatable bonds is 6. The Labute approximate surface area is 174 Å². The van der Waals surface area contributed by atoms with E-state index in [2.05, 4.69) is 27.0 Å².